The molecule has 1 saturated heterocycles. The van der Waals surface area contributed by atoms with Gasteiger partial charge in [-0.3, -0.25) is 4.79 Å². The average molecular weight is 302 g/mol. The average Bonchev–Trinajstić information content (AvgIpc) is 2.85. The first-order valence-electron chi connectivity index (χ1n) is 6.72. The van der Waals surface area contributed by atoms with Crippen molar-refractivity contribution in [3.8, 4) is 5.75 Å². The summed E-state index contributed by atoms with van der Waals surface area (Å²) in [5.74, 6) is -0.641. The molecule has 0 bridgehead atoms. The van der Waals surface area contributed by atoms with Crippen LogP contribution in [0.3, 0.4) is 0 Å². The molecular weight excluding hydrogens is 285 g/mol. The van der Waals surface area contributed by atoms with Gasteiger partial charge in [0, 0.05) is 24.7 Å². The number of carbonyl (C=O) groups excluding carboxylic acids is 1. The van der Waals surface area contributed by atoms with Crippen LogP contribution in [0.25, 0.3) is 0 Å². The number of nitrogens with one attached hydrogen (secondary N) is 1. The molecule has 21 heavy (non-hydrogen) atoms. The minimum Gasteiger partial charge on any atom is -0.406 e. The lowest BCUT2D eigenvalue weighted by Gasteiger charge is -2.24. The zero-order valence-electron chi connectivity index (χ0n) is 11.6. The SMILES string of the molecule is CNCC1CCCN1C(=O)c1cccc(OC(F)(F)F)c1. The third kappa shape index (κ3) is 4.10. The number of nitrogens with zero attached hydrogens (tertiary/aromatic N) is 1. The van der Waals surface area contributed by atoms with Crippen molar-refractivity contribution >= 4 is 5.91 Å². The van der Waals surface area contributed by atoms with E-state index >= 15 is 0 Å². The molecule has 4 nitrogen and oxygen atoms in total. The fourth-order valence-electron chi connectivity index (χ4n) is 2.54. The van der Waals surface area contributed by atoms with Crippen molar-refractivity contribution in [3.05, 3.63) is 29.8 Å². The van der Waals surface area contributed by atoms with Gasteiger partial charge in [-0.2, -0.15) is 0 Å². The normalized spacial score (nSPS) is 18.9. The molecule has 2 rings (SSSR count). The molecule has 1 aromatic carbocycles. The molecule has 1 heterocycles. The Balaban J connectivity index is 2.14. The van der Waals surface area contributed by atoms with Crippen molar-refractivity contribution in [1.82, 2.24) is 10.2 Å². The maximum atomic E-state index is 12.4. The van der Waals surface area contributed by atoms with Gasteiger partial charge in [-0.05, 0) is 38.1 Å². The van der Waals surface area contributed by atoms with Crippen LogP contribution in [0.4, 0.5) is 13.2 Å². The summed E-state index contributed by atoms with van der Waals surface area (Å²) in [6, 6.07) is 5.27. The summed E-state index contributed by atoms with van der Waals surface area (Å²) in [6.07, 6.45) is -2.97. The van der Waals surface area contributed by atoms with Gasteiger partial charge in [0.25, 0.3) is 5.91 Å². The Morgan fingerprint density at radius 2 is 2.24 bits per heavy atom. The number of benzene rings is 1. The van der Waals surface area contributed by atoms with Gasteiger partial charge >= 0.3 is 6.36 Å². The lowest BCUT2D eigenvalue weighted by molar-refractivity contribution is -0.274. The summed E-state index contributed by atoms with van der Waals surface area (Å²) in [6.45, 7) is 1.29. The summed E-state index contributed by atoms with van der Waals surface area (Å²) in [4.78, 5) is 14.1. The van der Waals surface area contributed by atoms with Crippen LogP contribution in [0.5, 0.6) is 5.75 Å². The zero-order chi connectivity index (χ0) is 15.5. The molecule has 1 unspecified atom stereocenters. The van der Waals surface area contributed by atoms with Crippen LogP contribution in [-0.2, 0) is 0 Å². The molecule has 0 saturated carbocycles. The van der Waals surface area contributed by atoms with Gasteiger partial charge in [-0.1, -0.05) is 6.07 Å². The summed E-state index contributed by atoms with van der Waals surface area (Å²) in [7, 11) is 1.80. The highest BCUT2D eigenvalue weighted by Crippen LogP contribution is 2.25. The van der Waals surface area contributed by atoms with E-state index in [9.17, 15) is 18.0 Å². The number of hydrogen-bond acceptors (Lipinski definition) is 3. The molecule has 1 fully saturated rings. The second-order valence-electron chi connectivity index (χ2n) is 4.93. The zero-order valence-corrected chi connectivity index (χ0v) is 11.6. The van der Waals surface area contributed by atoms with E-state index in [1.165, 1.54) is 18.2 Å². The topological polar surface area (TPSA) is 41.6 Å². The number of ether oxygens (including phenoxy) is 1. The standard InChI is InChI=1S/C14H17F3N2O2/c1-18-9-11-5-3-7-19(11)13(20)10-4-2-6-12(8-10)21-14(15,16)17/h2,4,6,8,11,18H,3,5,7,9H2,1H3. The van der Waals surface area contributed by atoms with E-state index < -0.39 is 6.36 Å². The van der Waals surface area contributed by atoms with Crippen LogP contribution < -0.4 is 10.1 Å². The largest absolute Gasteiger partial charge is 0.573 e. The van der Waals surface area contributed by atoms with Gasteiger partial charge in [0.2, 0.25) is 0 Å². The van der Waals surface area contributed by atoms with Crippen LogP contribution in [0.2, 0.25) is 0 Å². The van der Waals surface area contributed by atoms with Crippen LogP contribution in [0.15, 0.2) is 24.3 Å². The van der Waals surface area contributed by atoms with Gasteiger partial charge in [0.15, 0.2) is 0 Å². The molecule has 0 spiro atoms. The number of likely N-dealkylation sites (N-methyl/N-ethyl adjacent to an activating group) is 1. The number of alkyl halides is 3. The Morgan fingerprint density at radius 3 is 2.90 bits per heavy atom. The van der Waals surface area contributed by atoms with Crippen LogP contribution in [-0.4, -0.2) is 43.3 Å². The molecule has 116 valence electrons. The fourth-order valence-corrected chi connectivity index (χ4v) is 2.54. The Kier molecular flexibility index (Phi) is 4.72. The number of halogens is 3. The number of amides is 1. The Hall–Kier alpha value is -1.76. The van der Waals surface area contributed by atoms with E-state index in [1.807, 2.05) is 0 Å². The molecule has 1 amide bonds. The smallest absolute Gasteiger partial charge is 0.406 e. The number of carbonyl (C=O) groups is 1. The first kappa shape index (κ1) is 15.6. The van der Waals surface area contributed by atoms with Gasteiger partial charge in [-0.25, -0.2) is 0 Å². The molecule has 0 aromatic heterocycles. The third-order valence-electron chi connectivity index (χ3n) is 3.39. The molecule has 1 atom stereocenters. The van der Waals surface area contributed by atoms with Crippen molar-refractivity contribution in [2.45, 2.75) is 25.2 Å². The number of likely N-dealkylation sites (tertiary alicyclic amines) is 1. The van der Waals surface area contributed by atoms with E-state index in [-0.39, 0.29) is 23.3 Å². The predicted octanol–water partition coefficient (Wildman–Crippen LogP) is 2.41. The van der Waals surface area contributed by atoms with Gasteiger partial charge in [0.1, 0.15) is 5.75 Å². The molecule has 7 heteroatoms. The summed E-state index contributed by atoms with van der Waals surface area (Å²) >= 11 is 0. The van der Waals surface area contributed by atoms with Gasteiger partial charge in [-0.15, -0.1) is 13.2 Å². The van der Waals surface area contributed by atoms with Crippen molar-refractivity contribution in [3.63, 3.8) is 0 Å². The minimum atomic E-state index is -4.76. The Bertz CT molecular complexity index is 505. The Morgan fingerprint density at radius 1 is 1.48 bits per heavy atom. The molecule has 1 aromatic rings. The summed E-state index contributed by atoms with van der Waals surface area (Å²) < 4.78 is 40.5. The lowest BCUT2D eigenvalue weighted by atomic mass is 10.1. The van der Waals surface area contributed by atoms with Crippen molar-refractivity contribution < 1.29 is 22.7 Å². The maximum absolute atomic E-state index is 12.4. The molecular formula is C14H17F3N2O2. The van der Waals surface area contributed by atoms with Gasteiger partial charge < -0.3 is 15.0 Å². The highest BCUT2D eigenvalue weighted by molar-refractivity contribution is 5.95. The van der Waals surface area contributed by atoms with Gasteiger partial charge in [0.05, 0.1) is 0 Å². The summed E-state index contributed by atoms with van der Waals surface area (Å²) in [5, 5.41) is 3.02. The van der Waals surface area contributed by atoms with E-state index in [2.05, 4.69) is 10.1 Å². The second-order valence-corrected chi connectivity index (χ2v) is 4.93. The first-order valence-corrected chi connectivity index (χ1v) is 6.72. The molecule has 1 N–H and O–H groups in total. The number of rotatable bonds is 4. The predicted molar refractivity (Wildman–Crippen MR) is 71.1 cm³/mol. The number of hydrogen-bond donors (Lipinski definition) is 1. The van der Waals surface area contributed by atoms with E-state index in [0.717, 1.165) is 18.9 Å². The van der Waals surface area contributed by atoms with Crippen molar-refractivity contribution in [2.75, 3.05) is 20.1 Å². The van der Waals surface area contributed by atoms with Crippen LogP contribution >= 0.6 is 0 Å². The lowest BCUT2D eigenvalue weighted by Crippen LogP contribution is -2.40. The second kappa shape index (κ2) is 6.34. The molecule has 1 aliphatic heterocycles. The maximum Gasteiger partial charge on any atom is 0.573 e. The minimum absolute atomic E-state index is 0.0784. The highest BCUT2D eigenvalue weighted by atomic mass is 19.4. The van der Waals surface area contributed by atoms with Crippen LogP contribution in [0, 0.1) is 0 Å². The quantitative estimate of drug-likeness (QED) is 0.928. The van der Waals surface area contributed by atoms with E-state index in [0.29, 0.717) is 13.1 Å². The first-order chi connectivity index (χ1) is 9.90. The van der Waals surface area contributed by atoms with Crippen molar-refractivity contribution in [1.29, 1.82) is 0 Å². The molecule has 0 aliphatic carbocycles. The molecule has 1 aliphatic rings. The van der Waals surface area contributed by atoms with E-state index in [4.69, 9.17) is 0 Å². The highest BCUT2D eigenvalue weighted by Gasteiger charge is 2.32. The monoisotopic (exact) mass is 302 g/mol. The fraction of sp³-hybridized carbons (Fsp3) is 0.500. The van der Waals surface area contributed by atoms with Crippen LogP contribution in [0.1, 0.15) is 23.2 Å². The van der Waals surface area contributed by atoms with E-state index in [1.54, 1.807) is 11.9 Å². The third-order valence-corrected chi connectivity index (χ3v) is 3.39. The Labute approximate surface area is 120 Å². The van der Waals surface area contributed by atoms with Crippen molar-refractivity contribution in [2.24, 2.45) is 0 Å². The molecule has 0 radical (unpaired) electrons. The summed E-state index contributed by atoms with van der Waals surface area (Å²) in [5.41, 5.74) is 0.208.